The van der Waals surface area contributed by atoms with E-state index in [1.54, 1.807) is 0 Å². The third kappa shape index (κ3) is 2.75. The third-order valence-corrected chi connectivity index (χ3v) is 2.26. The summed E-state index contributed by atoms with van der Waals surface area (Å²) in [7, 11) is 0. The molecule has 1 rings (SSSR count). The highest BCUT2D eigenvalue weighted by Gasteiger charge is 2.18. The molecule has 0 aromatic rings. The summed E-state index contributed by atoms with van der Waals surface area (Å²) in [4.78, 5) is 2.09. The Morgan fingerprint density at radius 3 is 3.00 bits per heavy atom. The molecule has 1 fully saturated rings. The van der Waals surface area contributed by atoms with E-state index >= 15 is 0 Å². The van der Waals surface area contributed by atoms with Crippen LogP contribution in [0.4, 0.5) is 4.39 Å². The van der Waals surface area contributed by atoms with Crippen molar-refractivity contribution >= 4 is 0 Å². The van der Waals surface area contributed by atoms with Gasteiger partial charge in [0.1, 0.15) is 6.67 Å². The van der Waals surface area contributed by atoms with Crippen LogP contribution in [-0.4, -0.2) is 42.9 Å². The van der Waals surface area contributed by atoms with E-state index in [1.165, 1.54) is 0 Å². The van der Waals surface area contributed by atoms with Gasteiger partial charge in [-0.15, -0.1) is 0 Å². The molecule has 0 saturated carbocycles. The summed E-state index contributed by atoms with van der Waals surface area (Å²) in [5.41, 5.74) is 0. The van der Waals surface area contributed by atoms with Gasteiger partial charge < -0.3 is 10.0 Å². The Labute approximate surface area is 67.0 Å². The van der Waals surface area contributed by atoms with E-state index in [2.05, 4.69) is 4.90 Å². The lowest BCUT2D eigenvalue weighted by atomic mass is 9.99. The second-order valence-electron chi connectivity index (χ2n) is 3.18. The maximum Gasteiger partial charge on any atom is 0.102 e. The molecular weight excluding hydrogens is 145 g/mol. The van der Waals surface area contributed by atoms with Crippen LogP contribution in [0.3, 0.4) is 0 Å². The van der Waals surface area contributed by atoms with Crippen LogP contribution < -0.4 is 0 Å². The minimum absolute atomic E-state index is 0.253. The summed E-state index contributed by atoms with van der Waals surface area (Å²) in [5.74, 6) is 0.385. The zero-order valence-corrected chi connectivity index (χ0v) is 6.80. The van der Waals surface area contributed by atoms with Crippen LogP contribution in [0.25, 0.3) is 0 Å². The highest BCUT2D eigenvalue weighted by Crippen LogP contribution is 2.14. The summed E-state index contributed by atoms with van der Waals surface area (Å²) in [5, 5.41) is 8.86. The van der Waals surface area contributed by atoms with Crippen LogP contribution in [0.5, 0.6) is 0 Å². The first kappa shape index (κ1) is 8.94. The first-order chi connectivity index (χ1) is 5.36. The van der Waals surface area contributed by atoms with Crippen LogP contribution >= 0.6 is 0 Å². The molecule has 1 heterocycles. The third-order valence-electron chi connectivity index (χ3n) is 2.26. The Hall–Kier alpha value is -0.150. The number of hydrogen-bond acceptors (Lipinski definition) is 2. The molecule has 0 aromatic heterocycles. The standard InChI is InChI=1S/C8H16FNO/c9-3-5-10-4-1-2-8(6-10)7-11/h8,11H,1-7H2. The number of halogens is 1. The molecule has 1 aliphatic rings. The molecule has 1 atom stereocenters. The van der Waals surface area contributed by atoms with Crippen molar-refractivity contribution in [1.82, 2.24) is 4.90 Å². The Balaban J connectivity index is 2.21. The number of piperidine rings is 1. The normalized spacial score (nSPS) is 27.3. The fourth-order valence-corrected chi connectivity index (χ4v) is 1.62. The molecular formula is C8H16FNO. The van der Waals surface area contributed by atoms with Crippen LogP contribution in [0.1, 0.15) is 12.8 Å². The molecule has 1 unspecified atom stereocenters. The molecule has 0 radical (unpaired) electrons. The maximum atomic E-state index is 11.9. The Kier molecular flexibility index (Phi) is 3.80. The zero-order chi connectivity index (χ0) is 8.10. The molecule has 1 aliphatic heterocycles. The zero-order valence-electron chi connectivity index (χ0n) is 6.80. The molecule has 2 nitrogen and oxygen atoms in total. The van der Waals surface area contributed by atoms with Crippen molar-refractivity contribution in [3.8, 4) is 0 Å². The average molecular weight is 161 g/mol. The summed E-state index contributed by atoms with van der Waals surface area (Å²) < 4.78 is 11.9. The predicted molar refractivity (Wildman–Crippen MR) is 42.2 cm³/mol. The second kappa shape index (κ2) is 4.67. The van der Waals surface area contributed by atoms with Gasteiger partial charge in [0.15, 0.2) is 0 Å². The number of rotatable bonds is 3. The van der Waals surface area contributed by atoms with Gasteiger partial charge in [-0.3, -0.25) is 0 Å². The van der Waals surface area contributed by atoms with Crippen molar-refractivity contribution in [3.63, 3.8) is 0 Å². The van der Waals surface area contributed by atoms with Crippen molar-refractivity contribution in [1.29, 1.82) is 0 Å². The molecule has 0 amide bonds. The number of nitrogens with zero attached hydrogens (tertiary/aromatic N) is 1. The van der Waals surface area contributed by atoms with Gasteiger partial charge in [0.2, 0.25) is 0 Å². The molecule has 0 aromatic carbocycles. The van der Waals surface area contributed by atoms with Gasteiger partial charge in [-0.25, -0.2) is 4.39 Å². The largest absolute Gasteiger partial charge is 0.396 e. The second-order valence-corrected chi connectivity index (χ2v) is 3.18. The lowest BCUT2D eigenvalue weighted by Crippen LogP contribution is -2.37. The maximum absolute atomic E-state index is 11.9. The van der Waals surface area contributed by atoms with Gasteiger partial charge in [0, 0.05) is 19.7 Å². The molecule has 11 heavy (non-hydrogen) atoms. The topological polar surface area (TPSA) is 23.5 Å². The number of likely N-dealkylation sites (tertiary alicyclic amines) is 1. The quantitative estimate of drug-likeness (QED) is 0.657. The first-order valence-corrected chi connectivity index (χ1v) is 4.26. The Morgan fingerprint density at radius 1 is 1.55 bits per heavy atom. The van der Waals surface area contributed by atoms with E-state index in [0.29, 0.717) is 12.5 Å². The van der Waals surface area contributed by atoms with E-state index in [1.807, 2.05) is 0 Å². The van der Waals surface area contributed by atoms with Gasteiger partial charge in [-0.05, 0) is 25.3 Å². The fourth-order valence-electron chi connectivity index (χ4n) is 1.62. The predicted octanol–water partition coefficient (Wildman–Crippen LogP) is 0.660. The summed E-state index contributed by atoms with van der Waals surface area (Å²) in [6.45, 7) is 2.40. The Morgan fingerprint density at radius 2 is 2.36 bits per heavy atom. The minimum Gasteiger partial charge on any atom is -0.396 e. The highest BCUT2D eigenvalue weighted by atomic mass is 19.1. The SMILES string of the molecule is OCC1CCCN(CCF)C1. The van der Waals surface area contributed by atoms with Crippen molar-refractivity contribution in [3.05, 3.63) is 0 Å². The lowest BCUT2D eigenvalue weighted by molar-refractivity contribution is 0.115. The first-order valence-electron chi connectivity index (χ1n) is 4.26. The van der Waals surface area contributed by atoms with Gasteiger partial charge in [-0.1, -0.05) is 0 Å². The molecule has 66 valence electrons. The number of aliphatic hydroxyl groups excluding tert-OH is 1. The minimum atomic E-state index is -0.266. The number of aliphatic hydroxyl groups is 1. The van der Waals surface area contributed by atoms with Crippen LogP contribution in [0.15, 0.2) is 0 Å². The highest BCUT2D eigenvalue weighted by molar-refractivity contribution is 4.71. The fraction of sp³-hybridized carbons (Fsp3) is 1.00. The van der Waals surface area contributed by atoms with Crippen LogP contribution in [-0.2, 0) is 0 Å². The molecule has 0 bridgehead atoms. The van der Waals surface area contributed by atoms with Crippen LogP contribution in [0.2, 0.25) is 0 Å². The van der Waals surface area contributed by atoms with Crippen molar-refractivity contribution in [2.24, 2.45) is 5.92 Å². The van der Waals surface area contributed by atoms with Gasteiger partial charge in [0.25, 0.3) is 0 Å². The average Bonchev–Trinajstić information content (AvgIpc) is 2.06. The molecule has 3 heteroatoms. The summed E-state index contributed by atoms with van der Waals surface area (Å²) >= 11 is 0. The van der Waals surface area contributed by atoms with Crippen molar-refractivity contribution in [2.75, 3.05) is 32.9 Å². The number of hydrogen-bond donors (Lipinski definition) is 1. The van der Waals surface area contributed by atoms with Gasteiger partial charge >= 0.3 is 0 Å². The van der Waals surface area contributed by atoms with Gasteiger partial charge in [0.05, 0.1) is 0 Å². The van der Waals surface area contributed by atoms with Gasteiger partial charge in [-0.2, -0.15) is 0 Å². The van der Waals surface area contributed by atoms with E-state index in [9.17, 15) is 4.39 Å². The molecule has 1 N–H and O–H groups in total. The monoisotopic (exact) mass is 161 g/mol. The summed E-state index contributed by atoms with van der Waals surface area (Å²) in [6, 6.07) is 0. The smallest absolute Gasteiger partial charge is 0.102 e. The van der Waals surface area contributed by atoms with Crippen molar-refractivity contribution in [2.45, 2.75) is 12.8 Å². The van der Waals surface area contributed by atoms with Crippen molar-refractivity contribution < 1.29 is 9.50 Å². The van der Waals surface area contributed by atoms with E-state index in [0.717, 1.165) is 25.9 Å². The molecule has 0 spiro atoms. The Bertz CT molecular complexity index is 108. The van der Waals surface area contributed by atoms with E-state index in [-0.39, 0.29) is 13.3 Å². The lowest BCUT2D eigenvalue weighted by Gasteiger charge is -2.30. The van der Waals surface area contributed by atoms with Crippen LogP contribution in [0, 0.1) is 5.92 Å². The van der Waals surface area contributed by atoms with E-state index < -0.39 is 0 Å². The summed E-state index contributed by atoms with van der Waals surface area (Å²) in [6.07, 6.45) is 2.20. The van der Waals surface area contributed by atoms with E-state index in [4.69, 9.17) is 5.11 Å². The molecule has 0 aliphatic carbocycles. The number of alkyl halides is 1. The molecule has 1 saturated heterocycles.